The first kappa shape index (κ1) is 12.0. The highest BCUT2D eigenvalue weighted by molar-refractivity contribution is 6.04. The molecule has 2 aromatic heterocycles. The third-order valence-corrected chi connectivity index (χ3v) is 2.50. The number of aromatic amines is 1. The number of nitrogens with zero attached hydrogens (tertiary/aromatic N) is 2. The fraction of sp³-hybridized carbons (Fsp3) is 0.167. The topological polar surface area (TPSA) is 87.7 Å². The minimum Gasteiger partial charge on any atom is -0.328 e. The van der Waals surface area contributed by atoms with Gasteiger partial charge in [-0.3, -0.25) is 9.59 Å². The Balaban J connectivity index is 2.32. The molecule has 6 nitrogen and oxygen atoms in total. The van der Waals surface area contributed by atoms with E-state index in [1.54, 1.807) is 12.1 Å². The van der Waals surface area contributed by atoms with Gasteiger partial charge in [0.05, 0.1) is 18.1 Å². The lowest BCUT2D eigenvalue weighted by molar-refractivity contribution is 0.102. The molecular formula is C12H12N4O2. The second-order valence-corrected chi connectivity index (χ2v) is 3.65. The van der Waals surface area contributed by atoms with Crippen LogP contribution in [0.1, 0.15) is 22.8 Å². The number of hydrogen-bond donors (Lipinski definition) is 2. The number of nitrogens with one attached hydrogen (secondary N) is 2. The molecule has 0 fully saturated rings. The van der Waals surface area contributed by atoms with E-state index in [0.717, 1.165) is 0 Å². The van der Waals surface area contributed by atoms with Crippen LogP contribution < -0.4 is 10.9 Å². The molecule has 0 spiro atoms. The number of aryl methyl sites for hydroxylation is 1. The van der Waals surface area contributed by atoms with Crippen LogP contribution in [0.5, 0.6) is 0 Å². The van der Waals surface area contributed by atoms with Crippen molar-refractivity contribution >= 4 is 11.6 Å². The van der Waals surface area contributed by atoms with Gasteiger partial charge in [0.15, 0.2) is 0 Å². The number of carbonyl (C=O) groups excluding carboxylic acids is 1. The molecule has 2 heterocycles. The van der Waals surface area contributed by atoms with Crippen LogP contribution >= 0.6 is 0 Å². The lowest BCUT2D eigenvalue weighted by Crippen LogP contribution is -2.25. The number of pyridine rings is 1. The number of hydrogen-bond acceptors (Lipinski definition) is 4. The van der Waals surface area contributed by atoms with Crippen molar-refractivity contribution in [3.05, 3.63) is 52.2 Å². The summed E-state index contributed by atoms with van der Waals surface area (Å²) < 4.78 is 0. The van der Waals surface area contributed by atoms with Crippen LogP contribution in [0.15, 0.2) is 35.5 Å². The molecule has 6 heteroatoms. The Bertz CT molecular complexity index is 607. The molecule has 2 rings (SSSR count). The van der Waals surface area contributed by atoms with Crippen molar-refractivity contribution in [2.24, 2.45) is 0 Å². The third kappa shape index (κ3) is 2.42. The number of rotatable bonds is 3. The molecule has 92 valence electrons. The van der Waals surface area contributed by atoms with Crippen LogP contribution in [0.4, 0.5) is 5.69 Å². The molecule has 0 bridgehead atoms. The van der Waals surface area contributed by atoms with E-state index in [0.29, 0.717) is 17.7 Å². The van der Waals surface area contributed by atoms with Gasteiger partial charge in [0.25, 0.3) is 11.5 Å². The van der Waals surface area contributed by atoms with Gasteiger partial charge >= 0.3 is 0 Å². The molecule has 0 atom stereocenters. The summed E-state index contributed by atoms with van der Waals surface area (Å²) >= 11 is 0. The van der Waals surface area contributed by atoms with Gasteiger partial charge in [-0.2, -0.15) is 10.2 Å². The van der Waals surface area contributed by atoms with Crippen molar-refractivity contribution in [2.75, 3.05) is 5.32 Å². The Morgan fingerprint density at radius 1 is 1.39 bits per heavy atom. The van der Waals surface area contributed by atoms with Crippen molar-refractivity contribution in [1.82, 2.24) is 15.2 Å². The Labute approximate surface area is 103 Å². The van der Waals surface area contributed by atoms with Gasteiger partial charge in [0.1, 0.15) is 5.56 Å². The summed E-state index contributed by atoms with van der Waals surface area (Å²) in [5.74, 6) is -0.443. The summed E-state index contributed by atoms with van der Waals surface area (Å²) in [6.45, 7) is 1.89. The van der Waals surface area contributed by atoms with E-state index in [-0.39, 0.29) is 5.56 Å². The number of carbonyl (C=O) groups is 1. The Morgan fingerprint density at radius 3 is 2.89 bits per heavy atom. The van der Waals surface area contributed by atoms with Gasteiger partial charge in [-0.15, -0.1) is 0 Å². The quantitative estimate of drug-likeness (QED) is 0.842. The summed E-state index contributed by atoms with van der Waals surface area (Å²) in [7, 11) is 0. The highest BCUT2D eigenvalue weighted by Crippen LogP contribution is 2.08. The molecule has 18 heavy (non-hydrogen) atoms. The number of amides is 1. The lowest BCUT2D eigenvalue weighted by Gasteiger charge is -2.07. The molecule has 2 aromatic rings. The summed E-state index contributed by atoms with van der Waals surface area (Å²) in [5, 5.41) is 9.87. The van der Waals surface area contributed by atoms with E-state index in [9.17, 15) is 9.59 Å². The van der Waals surface area contributed by atoms with Gasteiger partial charge in [0, 0.05) is 6.20 Å². The largest absolute Gasteiger partial charge is 0.328 e. The number of aromatic nitrogens is 3. The normalized spacial score (nSPS) is 10.1. The molecule has 0 saturated heterocycles. The second-order valence-electron chi connectivity index (χ2n) is 3.65. The minimum atomic E-state index is -0.443. The smallest absolute Gasteiger partial charge is 0.261 e. The van der Waals surface area contributed by atoms with Gasteiger partial charge in [-0.05, 0) is 24.1 Å². The summed E-state index contributed by atoms with van der Waals surface area (Å²) in [4.78, 5) is 26.2. The van der Waals surface area contributed by atoms with Crippen LogP contribution in [-0.4, -0.2) is 21.1 Å². The summed E-state index contributed by atoms with van der Waals surface area (Å²) in [6.07, 6.45) is 5.03. The monoisotopic (exact) mass is 244 g/mol. The zero-order chi connectivity index (χ0) is 13.0. The standard InChI is InChI=1S/C12H12N4O2/c1-2-8-3-5-13-11(17)10(8)12(18)16-9-4-6-14-15-7-9/h3-7H,2H2,1H3,(H,13,17)(H,14,16,18). The van der Waals surface area contributed by atoms with Crippen LogP contribution in [-0.2, 0) is 6.42 Å². The van der Waals surface area contributed by atoms with E-state index in [4.69, 9.17) is 0 Å². The maximum atomic E-state index is 12.0. The van der Waals surface area contributed by atoms with Gasteiger partial charge in [-0.1, -0.05) is 6.92 Å². The van der Waals surface area contributed by atoms with Crippen molar-refractivity contribution in [1.29, 1.82) is 0 Å². The van der Waals surface area contributed by atoms with Crippen molar-refractivity contribution in [3.63, 3.8) is 0 Å². The minimum absolute atomic E-state index is 0.136. The first-order chi connectivity index (χ1) is 8.72. The maximum absolute atomic E-state index is 12.0. The van der Waals surface area contributed by atoms with E-state index in [1.165, 1.54) is 18.6 Å². The van der Waals surface area contributed by atoms with Crippen molar-refractivity contribution in [2.45, 2.75) is 13.3 Å². The highest BCUT2D eigenvalue weighted by atomic mass is 16.2. The first-order valence-corrected chi connectivity index (χ1v) is 5.51. The number of anilines is 1. The maximum Gasteiger partial charge on any atom is 0.261 e. The van der Waals surface area contributed by atoms with Crippen molar-refractivity contribution < 1.29 is 4.79 Å². The molecule has 0 radical (unpaired) electrons. The first-order valence-electron chi connectivity index (χ1n) is 5.51. The van der Waals surface area contributed by atoms with Crippen LogP contribution in [0, 0.1) is 0 Å². The van der Waals surface area contributed by atoms with Crippen LogP contribution in [0.25, 0.3) is 0 Å². The Hall–Kier alpha value is -2.50. The zero-order valence-electron chi connectivity index (χ0n) is 9.80. The molecule has 0 aliphatic heterocycles. The van der Waals surface area contributed by atoms with Crippen molar-refractivity contribution in [3.8, 4) is 0 Å². The van der Waals surface area contributed by atoms with E-state index in [1.807, 2.05) is 6.92 Å². The molecule has 0 aliphatic rings. The second kappa shape index (κ2) is 5.22. The highest BCUT2D eigenvalue weighted by Gasteiger charge is 2.14. The predicted molar refractivity (Wildman–Crippen MR) is 66.4 cm³/mol. The Morgan fingerprint density at radius 2 is 2.22 bits per heavy atom. The Kier molecular flexibility index (Phi) is 3.47. The molecule has 0 unspecified atom stereocenters. The zero-order valence-corrected chi connectivity index (χ0v) is 9.80. The molecule has 0 saturated carbocycles. The summed E-state index contributed by atoms with van der Waals surface area (Å²) in [5.41, 5.74) is 0.948. The molecule has 0 aromatic carbocycles. The number of H-pyrrole nitrogens is 1. The molecule has 0 aliphatic carbocycles. The summed E-state index contributed by atoms with van der Waals surface area (Å²) in [6, 6.07) is 3.33. The predicted octanol–water partition coefficient (Wildman–Crippen LogP) is 0.980. The van der Waals surface area contributed by atoms with E-state index >= 15 is 0 Å². The fourth-order valence-electron chi connectivity index (χ4n) is 1.62. The lowest BCUT2D eigenvalue weighted by atomic mass is 10.1. The molecular weight excluding hydrogens is 232 g/mol. The van der Waals surface area contributed by atoms with Crippen LogP contribution in [0.3, 0.4) is 0 Å². The molecule has 1 amide bonds. The fourth-order valence-corrected chi connectivity index (χ4v) is 1.62. The van der Waals surface area contributed by atoms with E-state index in [2.05, 4.69) is 20.5 Å². The van der Waals surface area contributed by atoms with Gasteiger partial charge < -0.3 is 10.3 Å². The average Bonchev–Trinajstić information content (AvgIpc) is 2.39. The average molecular weight is 244 g/mol. The van der Waals surface area contributed by atoms with Gasteiger partial charge in [-0.25, -0.2) is 0 Å². The van der Waals surface area contributed by atoms with E-state index < -0.39 is 11.5 Å². The van der Waals surface area contributed by atoms with Crippen LogP contribution in [0.2, 0.25) is 0 Å². The van der Waals surface area contributed by atoms with Gasteiger partial charge in [0.2, 0.25) is 0 Å². The molecule has 2 N–H and O–H groups in total. The third-order valence-electron chi connectivity index (χ3n) is 2.50. The SMILES string of the molecule is CCc1cc[nH]c(=O)c1C(=O)Nc1ccnnc1.